The number of rotatable bonds is 5. The topological polar surface area (TPSA) is 23.6 Å². The van der Waals surface area contributed by atoms with Gasteiger partial charge in [-0.3, -0.25) is 9.69 Å². The van der Waals surface area contributed by atoms with Gasteiger partial charge in [0.15, 0.2) is 0 Å². The second-order valence-corrected chi connectivity index (χ2v) is 8.63. The molecule has 1 aliphatic heterocycles. The fraction of sp³-hybridized carbons (Fsp3) is 0.321. The van der Waals surface area contributed by atoms with Crippen molar-refractivity contribution >= 4 is 5.91 Å². The molecule has 4 rings (SSSR count). The first-order chi connectivity index (χ1) is 15.1. The third kappa shape index (κ3) is 5.23. The van der Waals surface area contributed by atoms with Crippen molar-refractivity contribution in [3.8, 4) is 0 Å². The molecule has 1 saturated heterocycles. The first-order valence-electron chi connectivity index (χ1n) is 11.3. The van der Waals surface area contributed by atoms with Gasteiger partial charge >= 0.3 is 0 Å². The van der Waals surface area contributed by atoms with Crippen LogP contribution >= 0.6 is 0 Å². The second-order valence-electron chi connectivity index (χ2n) is 8.63. The predicted octanol–water partition coefficient (Wildman–Crippen LogP) is 5.17. The van der Waals surface area contributed by atoms with E-state index in [0.29, 0.717) is 0 Å². The Morgan fingerprint density at radius 3 is 2.03 bits per heavy atom. The molecule has 1 aliphatic rings. The highest BCUT2D eigenvalue weighted by atomic mass is 16.2. The van der Waals surface area contributed by atoms with Gasteiger partial charge in [-0.2, -0.15) is 0 Å². The van der Waals surface area contributed by atoms with Crippen LogP contribution in [-0.2, 0) is 11.3 Å². The Morgan fingerprint density at radius 2 is 1.42 bits per heavy atom. The summed E-state index contributed by atoms with van der Waals surface area (Å²) in [5, 5.41) is 0. The molecular formula is C28H32N2O. The van der Waals surface area contributed by atoms with E-state index >= 15 is 0 Å². The maximum atomic E-state index is 13.7. The Bertz CT molecular complexity index is 961. The van der Waals surface area contributed by atoms with Crippen LogP contribution in [0.3, 0.4) is 0 Å². The van der Waals surface area contributed by atoms with Crippen molar-refractivity contribution in [1.82, 2.24) is 9.80 Å². The highest BCUT2D eigenvalue weighted by Crippen LogP contribution is 2.27. The quantitative estimate of drug-likeness (QED) is 0.577. The van der Waals surface area contributed by atoms with Crippen LogP contribution in [0.4, 0.5) is 0 Å². The van der Waals surface area contributed by atoms with Gasteiger partial charge in [0, 0.05) is 32.7 Å². The number of hydrogen-bond acceptors (Lipinski definition) is 2. The summed E-state index contributed by atoms with van der Waals surface area (Å²) in [6, 6.07) is 27.1. The molecule has 0 N–H and O–H groups in total. The molecule has 0 saturated carbocycles. The minimum atomic E-state index is -0.242. The van der Waals surface area contributed by atoms with Crippen LogP contribution in [0.25, 0.3) is 0 Å². The number of nitrogens with zero attached hydrogens (tertiary/aromatic N) is 2. The van der Waals surface area contributed by atoms with Gasteiger partial charge in [0.25, 0.3) is 0 Å². The highest BCUT2D eigenvalue weighted by molar-refractivity contribution is 5.87. The van der Waals surface area contributed by atoms with Crippen molar-refractivity contribution in [1.29, 1.82) is 0 Å². The third-order valence-corrected chi connectivity index (χ3v) is 6.39. The number of carbonyl (C=O) groups excluding carboxylic acids is 1. The molecule has 1 amide bonds. The average molecular weight is 413 g/mol. The summed E-state index contributed by atoms with van der Waals surface area (Å²) >= 11 is 0. The van der Waals surface area contributed by atoms with Crippen molar-refractivity contribution in [2.24, 2.45) is 0 Å². The van der Waals surface area contributed by atoms with Crippen LogP contribution in [-0.4, -0.2) is 41.9 Å². The number of hydrogen-bond donors (Lipinski definition) is 0. The highest BCUT2D eigenvalue weighted by Gasteiger charge is 2.28. The van der Waals surface area contributed by atoms with Gasteiger partial charge in [0.1, 0.15) is 0 Å². The van der Waals surface area contributed by atoms with E-state index in [4.69, 9.17) is 0 Å². The Kier molecular flexibility index (Phi) is 6.83. The zero-order chi connectivity index (χ0) is 21.6. The van der Waals surface area contributed by atoms with E-state index in [1.807, 2.05) is 36.4 Å². The van der Waals surface area contributed by atoms with Crippen LogP contribution < -0.4 is 0 Å². The van der Waals surface area contributed by atoms with Crippen molar-refractivity contribution in [3.05, 3.63) is 107 Å². The van der Waals surface area contributed by atoms with Gasteiger partial charge in [-0.1, -0.05) is 78.9 Å². The zero-order valence-electron chi connectivity index (χ0n) is 18.6. The summed E-state index contributed by atoms with van der Waals surface area (Å²) in [7, 11) is 0. The summed E-state index contributed by atoms with van der Waals surface area (Å²) < 4.78 is 0. The summed E-state index contributed by atoms with van der Waals surface area (Å²) in [4.78, 5) is 18.3. The van der Waals surface area contributed by atoms with Crippen molar-refractivity contribution in [2.45, 2.75) is 32.7 Å². The molecule has 3 aromatic rings. The number of benzene rings is 3. The zero-order valence-corrected chi connectivity index (χ0v) is 18.6. The van der Waals surface area contributed by atoms with E-state index in [9.17, 15) is 4.79 Å². The smallest absolute Gasteiger partial charge is 0.234 e. The monoisotopic (exact) mass is 412 g/mol. The molecule has 31 heavy (non-hydrogen) atoms. The lowest BCUT2D eigenvalue weighted by molar-refractivity contribution is -0.131. The molecule has 0 bridgehead atoms. The maximum absolute atomic E-state index is 13.7. The van der Waals surface area contributed by atoms with Crippen LogP contribution in [0.5, 0.6) is 0 Å². The summed E-state index contributed by atoms with van der Waals surface area (Å²) in [6.07, 6.45) is 1.01. The summed E-state index contributed by atoms with van der Waals surface area (Å²) in [5.74, 6) is -0.0286. The minimum absolute atomic E-state index is 0.213. The van der Waals surface area contributed by atoms with Crippen LogP contribution in [0.1, 0.15) is 40.2 Å². The lowest BCUT2D eigenvalue weighted by Crippen LogP contribution is -2.38. The predicted molar refractivity (Wildman–Crippen MR) is 127 cm³/mol. The average Bonchev–Trinajstić information content (AvgIpc) is 3.03. The molecule has 3 heteroatoms. The van der Waals surface area contributed by atoms with E-state index in [0.717, 1.165) is 50.3 Å². The minimum Gasteiger partial charge on any atom is -0.341 e. The van der Waals surface area contributed by atoms with Gasteiger partial charge in [-0.05, 0) is 48.1 Å². The number of aryl methyl sites for hydroxylation is 2. The molecule has 0 atom stereocenters. The van der Waals surface area contributed by atoms with Gasteiger partial charge in [0.2, 0.25) is 5.91 Å². The SMILES string of the molecule is Cc1ccc(CN2CCCN(C(=O)C(c3ccccc3)c3ccccc3)CC2)cc1C. The second kappa shape index (κ2) is 9.93. The van der Waals surface area contributed by atoms with Crippen molar-refractivity contribution < 1.29 is 4.79 Å². The van der Waals surface area contributed by atoms with Gasteiger partial charge in [-0.15, -0.1) is 0 Å². The molecule has 1 heterocycles. The Morgan fingerprint density at radius 1 is 0.774 bits per heavy atom. The molecule has 0 unspecified atom stereocenters. The van der Waals surface area contributed by atoms with Crippen molar-refractivity contribution in [3.63, 3.8) is 0 Å². The summed E-state index contributed by atoms with van der Waals surface area (Å²) in [5.41, 5.74) is 6.17. The standard InChI is InChI=1S/C28H32N2O/c1-22-14-15-24(20-23(22)2)21-29-16-9-17-30(19-18-29)28(31)27(25-10-5-3-6-11-25)26-12-7-4-8-13-26/h3-8,10-15,20,27H,9,16-19,21H2,1-2H3. The Hall–Kier alpha value is -2.91. The molecular weight excluding hydrogens is 380 g/mol. The van der Waals surface area contributed by atoms with Crippen molar-refractivity contribution in [2.75, 3.05) is 26.2 Å². The van der Waals surface area contributed by atoms with Crippen LogP contribution in [0.15, 0.2) is 78.9 Å². The van der Waals surface area contributed by atoms with Gasteiger partial charge in [-0.25, -0.2) is 0 Å². The fourth-order valence-corrected chi connectivity index (χ4v) is 4.46. The molecule has 0 aromatic heterocycles. The number of carbonyl (C=O) groups is 1. The van der Waals surface area contributed by atoms with Crippen LogP contribution in [0.2, 0.25) is 0 Å². The molecule has 0 radical (unpaired) electrons. The number of amides is 1. The molecule has 160 valence electrons. The van der Waals surface area contributed by atoms with E-state index < -0.39 is 0 Å². The lowest BCUT2D eigenvalue weighted by atomic mass is 9.90. The van der Waals surface area contributed by atoms with Gasteiger partial charge in [0.05, 0.1) is 5.92 Å². The molecule has 1 fully saturated rings. The molecule has 3 aromatic carbocycles. The molecule has 3 nitrogen and oxygen atoms in total. The van der Waals surface area contributed by atoms with Gasteiger partial charge < -0.3 is 4.90 Å². The Balaban J connectivity index is 1.48. The molecule has 0 aliphatic carbocycles. The van der Waals surface area contributed by atoms with E-state index in [1.165, 1.54) is 16.7 Å². The summed E-state index contributed by atoms with van der Waals surface area (Å²) in [6.45, 7) is 8.81. The van der Waals surface area contributed by atoms with Crippen LogP contribution in [0, 0.1) is 13.8 Å². The van der Waals surface area contributed by atoms with E-state index in [-0.39, 0.29) is 11.8 Å². The third-order valence-electron chi connectivity index (χ3n) is 6.39. The molecule has 0 spiro atoms. The first kappa shape index (κ1) is 21.3. The first-order valence-corrected chi connectivity index (χ1v) is 11.3. The Labute approximate surface area is 186 Å². The van der Waals surface area contributed by atoms with E-state index in [2.05, 4.69) is 66.1 Å². The lowest BCUT2D eigenvalue weighted by Gasteiger charge is -2.27. The fourth-order valence-electron chi connectivity index (χ4n) is 4.46. The normalized spacial score (nSPS) is 15.1. The van der Waals surface area contributed by atoms with E-state index in [1.54, 1.807) is 0 Å². The maximum Gasteiger partial charge on any atom is 0.234 e. The largest absolute Gasteiger partial charge is 0.341 e.